The zero-order valence-corrected chi connectivity index (χ0v) is 14.8. The molecule has 0 atom stereocenters. The lowest BCUT2D eigenvalue weighted by Crippen LogP contribution is -2.44. The van der Waals surface area contributed by atoms with Crippen molar-refractivity contribution >= 4 is 27.7 Å². The number of carbonyl (C=O) groups excluding carboxylic acids is 1. The molecule has 0 saturated heterocycles. The normalized spacial score (nSPS) is 16.1. The number of nitrogens with one attached hydrogen (secondary N) is 2. The molecule has 1 aromatic heterocycles. The van der Waals surface area contributed by atoms with Crippen molar-refractivity contribution in [2.75, 3.05) is 11.9 Å². The summed E-state index contributed by atoms with van der Waals surface area (Å²) in [4.78, 5) is 15.7. The number of anilines is 1. The number of hydrogen-bond acceptors (Lipinski definition) is 4. The van der Waals surface area contributed by atoms with Crippen molar-refractivity contribution in [1.29, 1.82) is 0 Å². The van der Waals surface area contributed by atoms with E-state index in [-0.39, 0.29) is 15.7 Å². The van der Waals surface area contributed by atoms with Crippen LogP contribution >= 0.6 is 15.9 Å². The lowest BCUT2D eigenvalue weighted by molar-refractivity contribution is 0.0500. The van der Waals surface area contributed by atoms with E-state index in [0.29, 0.717) is 12.2 Å². The monoisotopic (exact) mass is 391 g/mol. The standard InChI is InChI=1S/C15H20BrF2N3O2/c1-14(2,3)23-13(22)21-15(4-5-15)8-20-9-6-10(12(17)18)11(16)19-7-9/h6-7,12,20H,4-5,8H2,1-3H3,(H,21,22). The van der Waals surface area contributed by atoms with Gasteiger partial charge in [0.25, 0.3) is 6.43 Å². The number of aromatic nitrogens is 1. The van der Waals surface area contributed by atoms with Gasteiger partial charge >= 0.3 is 6.09 Å². The number of amides is 1. The minimum atomic E-state index is -2.60. The summed E-state index contributed by atoms with van der Waals surface area (Å²) < 4.78 is 31.1. The average molecular weight is 392 g/mol. The van der Waals surface area contributed by atoms with Crippen molar-refractivity contribution in [2.24, 2.45) is 0 Å². The van der Waals surface area contributed by atoms with Crippen LogP contribution in [0.3, 0.4) is 0 Å². The molecule has 1 fully saturated rings. The summed E-state index contributed by atoms with van der Waals surface area (Å²) in [7, 11) is 0. The molecule has 2 N–H and O–H groups in total. The number of alkyl halides is 2. The first kappa shape index (κ1) is 17.9. The highest BCUT2D eigenvalue weighted by molar-refractivity contribution is 9.10. The topological polar surface area (TPSA) is 63.2 Å². The third-order valence-electron chi connectivity index (χ3n) is 3.35. The number of halogens is 3. The molecule has 128 valence electrons. The maximum absolute atomic E-state index is 12.9. The van der Waals surface area contributed by atoms with Crippen LogP contribution < -0.4 is 10.6 Å². The lowest BCUT2D eigenvalue weighted by atomic mass is 10.2. The number of pyridine rings is 1. The summed E-state index contributed by atoms with van der Waals surface area (Å²) in [5, 5.41) is 5.89. The number of hydrogen-bond donors (Lipinski definition) is 2. The Balaban J connectivity index is 1.93. The minimum Gasteiger partial charge on any atom is -0.444 e. The van der Waals surface area contributed by atoms with E-state index in [1.165, 1.54) is 12.3 Å². The molecule has 0 spiro atoms. The van der Waals surface area contributed by atoms with Crippen LogP contribution in [0.15, 0.2) is 16.9 Å². The quantitative estimate of drug-likeness (QED) is 0.736. The van der Waals surface area contributed by atoms with Gasteiger partial charge in [-0.15, -0.1) is 0 Å². The van der Waals surface area contributed by atoms with Gasteiger partial charge in [-0.2, -0.15) is 0 Å². The second-order valence-electron chi connectivity index (χ2n) is 6.67. The maximum atomic E-state index is 12.9. The van der Waals surface area contributed by atoms with Gasteiger partial charge in [0.1, 0.15) is 10.2 Å². The highest BCUT2D eigenvalue weighted by Crippen LogP contribution is 2.36. The zero-order chi connectivity index (χ0) is 17.3. The number of ether oxygens (including phenoxy) is 1. The minimum absolute atomic E-state index is 0.131. The smallest absolute Gasteiger partial charge is 0.408 e. The molecule has 0 aromatic carbocycles. The van der Waals surface area contributed by atoms with E-state index in [2.05, 4.69) is 31.5 Å². The van der Waals surface area contributed by atoms with Gasteiger partial charge in [-0.25, -0.2) is 18.6 Å². The number of nitrogens with zero attached hydrogens (tertiary/aromatic N) is 1. The largest absolute Gasteiger partial charge is 0.444 e. The molecular formula is C15H20BrF2N3O2. The van der Waals surface area contributed by atoms with Gasteiger partial charge in [0.05, 0.1) is 23.0 Å². The van der Waals surface area contributed by atoms with Crippen LogP contribution in [-0.4, -0.2) is 28.8 Å². The molecular weight excluding hydrogens is 372 g/mol. The molecule has 0 bridgehead atoms. The first-order valence-electron chi connectivity index (χ1n) is 7.29. The van der Waals surface area contributed by atoms with Crippen molar-refractivity contribution in [3.8, 4) is 0 Å². The molecule has 1 aliphatic rings. The Labute approximate surface area is 142 Å². The highest BCUT2D eigenvalue weighted by atomic mass is 79.9. The van der Waals surface area contributed by atoms with Crippen LogP contribution in [0, 0.1) is 0 Å². The Kier molecular flexibility index (Phi) is 5.13. The summed E-state index contributed by atoms with van der Waals surface area (Å²) in [6.07, 6.45) is 0.0161. The highest BCUT2D eigenvalue weighted by Gasteiger charge is 2.44. The van der Waals surface area contributed by atoms with E-state index in [0.717, 1.165) is 12.8 Å². The molecule has 1 amide bonds. The fourth-order valence-electron chi connectivity index (χ4n) is 2.00. The third kappa shape index (κ3) is 5.30. The van der Waals surface area contributed by atoms with Crippen LogP contribution in [0.1, 0.15) is 45.6 Å². The summed E-state index contributed by atoms with van der Waals surface area (Å²) in [5.74, 6) is 0. The van der Waals surface area contributed by atoms with Gasteiger partial charge in [-0.05, 0) is 55.6 Å². The Hall–Kier alpha value is -1.44. The van der Waals surface area contributed by atoms with E-state index in [4.69, 9.17) is 4.74 Å². The summed E-state index contributed by atoms with van der Waals surface area (Å²) >= 11 is 3.00. The van der Waals surface area contributed by atoms with Gasteiger partial charge in [0.15, 0.2) is 0 Å². The van der Waals surface area contributed by atoms with E-state index < -0.39 is 18.1 Å². The molecule has 1 saturated carbocycles. The van der Waals surface area contributed by atoms with Crippen LogP contribution in [-0.2, 0) is 4.74 Å². The molecule has 1 aliphatic carbocycles. The van der Waals surface area contributed by atoms with Gasteiger partial charge in [0.2, 0.25) is 0 Å². The van der Waals surface area contributed by atoms with Gasteiger partial charge < -0.3 is 15.4 Å². The van der Waals surface area contributed by atoms with Gasteiger partial charge in [-0.3, -0.25) is 0 Å². The van der Waals surface area contributed by atoms with Crippen molar-refractivity contribution in [2.45, 2.75) is 51.2 Å². The summed E-state index contributed by atoms with van der Waals surface area (Å²) in [5.41, 5.74) is -0.629. The Morgan fingerprint density at radius 2 is 2.13 bits per heavy atom. The third-order valence-corrected chi connectivity index (χ3v) is 4.01. The van der Waals surface area contributed by atoms with Crippen molar-refractivity contribution in [3.63, 3.8) is 0 Å². The van der Waals surface area contributed by atoms with Crippen molar-refractivity contribution in [3.05, 3.63) is 22.4 Å². The fraction of sp³-hybridized carbons (Fsp3) is 0.600. The van der Waals surface area contributed by atoms with Crippen LogP contribution in [0.2, 0.25) is 0 Å². The molecule has 1 aromatic rings. The molecule has 0 aliphatic heterocycles. The number of rotatable bonds is 5. The van der Waals surface area contributed by atoms with Crippen LogP contribution in [0.5, 0.6) is 0 Å². The number of alkyl carbamates (subject to hydrolysis) is 1. The fourth-order valence-corrected chi connectivity index (χ4v) is 2.39. The second kappa shape index (κ2) is 6.59. The molecule has 0 radical (unpaired) electrons. The van der Waals surface area contributed by atoms with Crippen molar-refractivity contribution in [1.82, 2.24) is 10.3 Å². The Bertz CT molecular complexity index is 587. The number of carbonyl (C=O) groups is 1. The second-order valence-corrected chi connectivity index (χ2v) is 7.42. The zero-order valence-electron chi connectivity index (χ0n) is 13.3. The predicted octanol–water partition coefficient (Wildman–Crippen LogP) is 4.25. The molecule has 0 unspecified atom stereocenters. The Morgan fingerprint density at radius 1 is 1.48 bits per heavy atom. The lowest BCUT2D eigenvalue weighted by Gasteiger charge is -2.24. The van der Waals surface area contributed by atoms with E-state index in [1.807, 2.05) is 0 Å². The van der Waals surface area contributed by atoms with Crippen LogP contribution in [0.25, 0.3) is 0 Å². The molecule has 2 rings (SSSR count). The first-order chi connectivity index (χ1) is 10.6. The van der Waals surface area contributed by atoms with Gasteiger partial charge in [-0.1, -0.05) is 0 Å². The van der Waals surface area contributed by atoms with E-state index >= 15 is 0 Å². The summed E-state index contributed by atoms with van der Waals surface area (Å²) in [6.45, 7) is 5.82. The molecule has 5 nitrogen and oxygen atoms in total. The SMILES string of the molecule is CC(C)(C)OC(=O)NC1(CNc2cnc(Br)c(C(F)F)c2)CC1. The maximum Gasteiger partial charge on any atom is 0.408 e. The van der Waals surface area contributed by atoms with E-state index in [1.54, 1.807) is 20.8 Å². The first-order valence-corrected chi connectivity index (χ1v) is 8.08. The summed E-state index contributed by atoms with van der Waals surface area (Å²) in [6, 6.07) is 1.35. The van der Waals surface area contributed by atoms with Crippen molar-refractivity contribution < 1.29 is 18.3 Å². The molecule has 8 heteroatoms. The molecule has 1 heterocycles. The molecule has 23 heavy (non-hydrogen) atoms. The Morgan fingerprint density at radius 3 is 2.65 bits per heavy atom. The van der Waals surface area contributed by atoms with Crippen LogP contribution in [0.4, 0.5) is 19.3 Å². The van der Waals surface area contributed by atoms with Gasteiger partial charge in [0, 0.05) is 6.54 Å². The predicted molar refractivity (Wildman–Crippen MR) is 86.7 cm³/mol. The van der Waals surface area contributed by atoms with E-state index in [9.17, 15) is 13.6 Å². The average Bonchev–Trinajstić information content (AvgIpc) is 3.15.